The van der Waals surface area contributed by atoms with E-state index in [4.69, 9.17) is 4.74 Å². The van der Waals surface area contributed by atoms with Gasteiger partial charge in [-0.1, -0.05) is 60.9 Å². The maximum atomic E-state index is 13.2. The highest BCUT2D eigenvalue weighted by Crippen LogP contribution is 2.30. The molecule has 5 heteroatoms. The minimum absolute atomic E-state index is 0.257. The first-order chi connectivity index (χ1) is 14.5. The molecule has 1 aliphatic rings. The Kier molecular flexibility index (Phi) is 7.41. The van der Waals surface area contributed by atoms with Crippen LogP contribution in [-0.2, 0) is 14.3 Å². The standard InChI is InChI=1S/C25H30N2O3/c1-4-5-16-30-17-6-15-27-24(28)22(20-11-7-18(2)8-12-20)23(25(27)29)26-21-13-9-19(3)10-14-21/h7-14,26H,4-6,15-17H2,1-3H3. The van der Waals surface area contributed by atoms with E-state index in [1.807, 2.05) is 62.4 Å². The second kappa shape index (κ2) is 10.2. The first-order valence-electron chi connectivity index (χ1n) is 10.6. The van der Waals surface area contributed by atoms with E-state index in [2.05, 4.69) is 12.2 Å². The van der Waals surface area contributed by atoms with Crippen LogP contribution in [0.15, 0.2) is 54.2 Å². The van der Waals surface area contributed by atoms with Gasteiger partial charge in [-0.2, -0.15) is 0 Å². The van der Waals surface area contributed by atoms with Crippen LogP contribution in [0.5, 0.6) is 0 Å². The summed E-state index contributed by atoms with van der Waals surface area (Å²) in [5.74, 6) is -0.545. The number of nitrogens with zero attached hydrogens (tertiary/aromatic N) is 1. The van der Waals surface area contributed by atoms with Gasteiger partial charge in [-0.05, 0) is 44.4 Å². The average Bonchev–Trinajstić information content (AvgIpc) is 2.97. The van der Waals surface area contributed by atoms with Crippen LogP contribution in [0.4, 0.5) is 5.69 Å². The second-order valence-corrected chi connectivity index (χ2v) is 7.69. The summed E-state index contributed by atoms with van der Waals surface area (Å²) < 4.78 is 5.58. The number of imide groups is 1. The Morgan fingerprint density at radius 1 is 0.833 bits per heavy atom. The van der Waals surface area contributed by atoms with Crippen molar-refractivity contribution in [1.82, 2.24) is 4.90 Å². The summed E-state index contributed by atoms with van der Waals surface area (Å²) in [6.45, 7) is 7.72. The number of hydrogen-bond donors (Lipinski definition) is 1. The molecule has 2 aromatic carbocycles. The van der Waals surface area contributed by atoms with Gasteiger partial charge in [0.05, 0.1) is 5.57 Å². The van der Waals surface area contributed by atoms with Crippen LogP contribution in [0.25, 0.3) is 5.57 Å². The van der Waals surface area contributed by atoms with Gasteiger partial charge in [-0.15, -0.1) is 0 Å². The van der Waals surface area contributed by atoms with Crippen LogP contribution in [0.2, 0.25) is 0 Å². The van der Waals surface area contributed by atoms with E-state index >= 15 is 0 Å². The zero-order chi connectivity index (χ0) is 21.5. The van der Waals surface area contributed by atoms with Gasteiger partial charge in [0.2, 0.25) is 0 Å². The minimum Gasteiger partial charge on any atom is -0.381 e. The van der Waals surface area contributed by atoms with E-state index in [-0.39, 0.29) is 11.8 Å². The number of unbranched alkanes of at least 4 members (excludes halogenated alkanes) is 1. The fraction of sp³-hybridized carbons (Fsp3) is 0.360. The van der Waals surface area contributed by atoms with Gasteiger partial charge in [0.15, 0.2) is 0 Å². The van der Waals surface area contributed by atoms with Crippen LogP contribution in [0.1, 0.15) is 42.9 Å². The fourth-order valence-electron chi connectivity index (χ4n) is 3.34. The van der Waals surface area contributed by atoms with Crippen molar-refractivity contribution in [2.75, 3.05) is 25.1 Å². The molecule has 0 atom stereocenters. The van der Waals surface area contributed by atoms with Crippen LogP contribution >= 0.6 is 0 Å². The number of nitrogens with one attached hydrogen (secondary N) is 1. The summed E-state index contributed by atoms with van der Waals surface area (Å²) in [5.41, 5.74) is 4.52. The molecule has 0 bridgehead atoms. The van der Waals surface area contributed by atoms with Gasteiger partial charge in [-0.3, -0.25) is 14.5 Å². The number of aryl methyl sites for hydroxylation is 2. The molecule has 0 saturated heterocycles. The third-order valence-electron chi connectivity index (χ3n) is 5.14. The lowest BCUT2D eigenvalue weighted by Crippen LogP contribution is -2.34. The monoisotopic (exact) mass is 406 g/mol. The summed E-state index contributed by atoms with van der Waals surface area (Å²) in [5, 5.41) is 3.20. The molecule has 1 aliphatic heterocycles. The van der Waals surface area contributed by atoms with Gasteiger partial charge >= 0.3 is 0 Å². The van der Waals surface area contributed by atoms with Crippen molar-refractivity contribution in [1.29, 1.82) is 0 Å². The number of carbonyl (C=O) groups is 2. The van der Waals surface area contributed by atoms with Crippen molar-refractivity contribution in [2.45, 2.75) is 40.0 Å². The third kappa shape index (κ3) is 5.16. The highest BCUT2D eigenvalue weighted by atomic mass is 16.5. The first kappa shape index (κ1) is 21.8. The van der Waals surface area contributed by atoms with Crippen molar-refractivity contribution in [3.05, 3.63) is 70.9 Å². The Balaban J connectivity index is 1.81. The number of hydrogen-bond acceptors (Lipinski definition) is 4. The molecule has 0 unspecified atom stereocenters. The Morgan fingerprint density at radius 3 is 2.07 bits per heavy atom. The molecule has 0 radical (unpaired) electrons. The quantitative estimate of drug-likeness (QED) is 0.459. The van der Waals surface area contributed by atoms with Crippen molar-refractivity contribution in [3.63, 3.8) is 0 Å². The van der Waals surface area contributed by atoms with Gasteiger partial charge in [-0.25, -0.2) is 0 Å². The molecular formula is C25H30N2O3. The Hall–Kier alpha value is -2.92. The molecular weight excluding hydrogens is 376 g/mol. The van der Waals surface area contributed by atoms with Gasteiger partial charge in [0.1, 0.15) is 5.70 Å². The molecule has 0 aromatic heterocycles. The largest absolute Gasteiger partial charge is 0.381 e. The summed E-state index contributed by atoms with van der Waals surface area (Å²) in [7, 11) is 0. The Labute approximate surface area is 178 Å². The summed E-state index contributed by atoms with van der Waals surface area (Å²) >= 11 is 0. The number of carbonyl (C=O) groups excluding carboxylic acids is 2. The summed E-state index contributed by atoms with van der Waals surface area (Å²) in [4.78, 5) is 27.7. The zero-order valence-corrected chi connectivity index (χ0v) is 18.0. The molecule has 5 nitrogen and oxygen atoms in total. The van der Waals surface area contributed by atoms with E-state index in [0.717, 1.165) is 35.2 Å². The molecule has 2 aromatic rings. The maximum absolute atomic E-state index is 13.2. The van der Waals surface area contributed by atoms with Crippen molar-refractivity contribution < 1.29 is 14.3 Å². The second-order valence-electron chi connectivity index (χ2n) is 7.69. The first-order valence-corrected chi connectivity index (χ1v) is 10.6. The molecule has 0 fully saturated rings. The van der Waals surface area contributed by atoms with Gasteiger partial charge < -0.3 is 10.1 Å². The number of benzene rings is 2. The lowest BCUT2D eigenvalue weighted by atomic mass is 10.0. The number of amides is 2. The normalized spacial score (nSPS) is 14.0. The van der Waals surface area contributed by atoms with Crippen molar-refractivity contribution in [3.8, 4) is 0 Å². The minimum atomic E-state index is -0.287. The Bertz CT molecular complexity index is 914. The summed E-state index contributed by atoms with van der Waals surface area (Å²) in [6, 6.07) is 15.5. The molecule has 2 amide bonds. The zero-order valence-electron chi connectivity index (χ0n) is 18.0. The van der Waals surface area contributed by atoms with E-state index in [1.165, 1.54) is 4.90 Å². The lowest BCUT2D eigenvalue weighted by Gasteiger charge is -2.15. The maximum Gasteiger partial charge on any atom is 0.278 e. The van der Waals surface area contributed by atoms with Crippen LogP contribution in [0.3, 0.4) is 0 Å². The van der Waals surface area contributed by atoms with Crippen LogP contribution < -0.4 is 5.32 Å². The summed E-state index contributed by atoms with van der Waals surface area (Å²) in [6.07, 6.45) is 2.73. The predicted molar refractivity (Wildman–Crippen MR) is 120 cm³/mol. The highest BCUT2D eigenvalue weighted by Gasteiger charge is 2.38. The van der Waals surface area contributed by atoms with Crippen molar-refractivity contribution >= 4 is 23.1 Å². The fourth-order valence-corrected chi connectivity index (χ4v) is 3.34. The molecule has 30 heavy (non-hydrogen) atoms. The number of rotatable bonds is 10. The molecule has 1 heterocycles. The topological polar surface area (TPSA) is 58.6 Å². The molecule has 0 saturated carbocycles. The van der Waals surface area contributed by atoms with E-state index in [9.17, 15) is 9.59 Å². The van der Waals surface area contributed by atoms with Gasteiger partial charge in [0.25, 0.3) is 11.8 Å². The SMILES string of the molecule is CCCCOCCCN1C(=O)C(Nc2ccc(C)cc2)=C(c2ccc(C)cc2)C1=O. The van der Waals surface area contributed by atoms with Gasteiger partial charge in [0, 0.05) is 25.4 Å². The molecule has 3 rings (SSSR count). The van der Waals surface area contributed by atoms with Crippen LogP contribution in [0, 0.1) is 13.8 Å². The lowest BCUT2D eigenvalue weighted by molar-refractivity contribution is -0.137. The molecule has 0 aliphatic carbocycles. The highest BCUT2D eigenvalue weighted by molar-refractivity contribution is 6.36. The molecule has 1 N–H and O–H groups in total. The van der Waals surface area contributed by atoms with E-state index < -0.39 is 0 Å². The average molecular weight is 407 g/mol. The van der Waals surface area contributed by atoms with Crippen molar-refractivity contribution in [2.24, 2.45) is 0 Å². The third-order valence-corrected chi connectivity index (χ3v) is 5.14. The van der Waals surface area contributed by atoms with E-state index in [1.54, 1.807) is 0 Å². The van der Waals surface area contributed by atoms with Crippen LogP contribution in [-0.4, -0.2) is 36.5 Å². The molecule has 0 spiro atoms. The predicted octanol–water partition coefficient (Wildman–Crippen LogP) is 4.70. The smallest absolute Gasteiger partial charge is 0.278 e. The molecule has 158 valence electrons. The van der Waals surface area contributed by atoms with E-state index in [0.29, 0.717) is 37.4 Å². The Morgan fingerprint density at radius 2 is 1.43 bits per heavy atom. The number of ether oxygens (including phenoxy) is 1. The number of anilines is 1.